The molecule has 0 saturated heterocycles. The molecule has 0 aliphatic carbocycles. The number of methoxy groups -OCH3 is 1. The lowest BCUT2D eigenvalue weighted by atomic mass is 10.3. The van der Waals surface area contributed by atoms with E-state index in [9.17, 15) is 0 Å². The fourth-order valence-corrected chi connectivity index (χ4v) is 1.94. The molecule has 126 valence electrons. The summed E-state index contributed by atoms with van der Waals surface area (Å²) in [6.07, 6.45) is 4.22. The van der Waals surface area contributed by atoms with Crippen molar-refractivity contribution in [2.75, 3.05) is 26.9 Å². The highest BCUT2D eigenvalue weighted by Crippen LogP contribution is 2.27. The van der Waals surface area contributed by atoms with Gasteiger partial charge in [-0.15, -0.1) is 0 Å². The summed E-state index contributed by atoms with van der Waals surface area (Å²) in [5.41, 5.74) is 0. The Morgan fingerprint density at radius 2 is 1.45 bits per heavy atom. The fourth-order valence-electron chi connectivity index (χ4n) is 1.94. The smallest absolute Gasteiger partial charge is 0.199 e. The monoisotopic (exact) mass is 310 g/mol. The van der Waals surface area contributed by atoms with Gasteiger partial charge >= 0.3 is 0 Å². The summed E-state index contributed by atoms with van der Waals surface area (Å²) in [7, 11) is 1.64. The van der Waals surface area contributed by atoms with E-state index in [-0.39, 0.29) is 0 Å². The maximum absolute atomic E-state index is 5.92. The van der Waals surface area contributed by atoms with Crippen molar-refractivity contribution in [3.05, 3.63) is 24.3 Å². The quantitative estimate of drug-likeness (QED) is 0.423. The molecule has 0 aliphatic heterocycles. The van der Waals surface area contributed by atoms with Crippen molar-refractivity contribution in [2.45, 2.75) is 52.2 Å². The third-order valence-electron chi connectivity index (χ3n) is 3.37. The number of hydrogen-bond acceptors (Lipinski definition) is 4. The highest BCUT2D eigenvalue weighted by molar-refractivity contribution is 5.39. The van der Waals surface area contributed by atoms with Crippen molar-refractivity contribution < 1.29 is 18.9 Å². The second-order valence-electron chi connectivity index (χ2n) is 5.48. The van der Waals surface area contributed by atoms with Gasteiger partial charge in [-0.25, -0.2) is 0 Å². The van der Waals surface area contributed by atoms with Crippen LogP contribution >= 0.6 is 0 Å². The number of hydrogen-bond donors (Lipinski definition) is 0. The Kier molecular flexibility index (Phi) is 8.94. The molecule has 0 aliphatic rings. The van der Waals surface area contributed by atoms with Crippen LogP contribution in [-0.4, -0.2) is 32.7 Å². The lowest BCUT2D eigenvalue weighted by Gasteiger charge is -2.30. The molecule has 0 radical (unpaired) electrons. The third kappa shape index (κ3) is 6.67. The van der Waals surface area contributed by atoms with Gasteiger partial charge in [0.05, 0.1) is 20.3 Å². The minimum atomic E-state index is -0.731. The minimum absolute atomic E-state index is 0.334. The van der Waals surface area contributed by atoms with E-state index in [2.05, 4.69) is 13.8 Å². The molecule has 0 spiro atoms. The molecule has 0 fully saturated rings. The Labute approximate surface area is 134 Å². The Morgan fingerprint density at radius 1 is 0.909 bits per heavy atom. The fraction of sp³-hybridized carbons (Fsp3) is 0.667. The van der Waals surface area contributed by atoms with Gasteiger partial charge in [-0.2, -0.15) is 0 Å². The van der Waals surface area contributed by atoms with Gasteiger partial charge in [-0.05, 0) is 31.9 Å². The van der Waals surface area contributed by atoms with Crippen LogP contribution in [0.3, 0.4) is 0 Å². The van der Waals surface area contributed by atoms with Gasteiger partial charge in [0.25, 0.3) is 0 Å². The molecular weight excluding hydrogens is 280 g/mol. The van der Waals surface area contributed by atoms with Crippen molar-refractivity contribution in [1.29, 1.82) is 0 Å². The largest absolute Gasteiger partial charge is 0.493 e. The molecule has 4 nitrogen and oxygen atoms in total. The zero-order valence-electron chi connectivity index (χ0n) is 14.4. The molecule has 0 atom stereocenters. The molecule has 0 saturated carbocycles. The first-order valence-corrected chi connectivity index (χ1v) is 8.19. The van der Waals surface area contributed by atoms with E-state index in [4.69, 9.17) is 18.9 Å². The van der Waals surface area contributed by atoms with Gasteiger partial charge < -0.3 is 18.9 Å². The maximum atomic E-state index is 5.92. The van der Waals surface area contributed by atoms with Crippen LogP contribution in [0, 0.1) is 0 Å². The van der Waals surface area contributed by atoms with Crippen LogP contribution in [0.2, 0.25) is 0 Å². The lowest BCUT2D eigenvalue weighted by molar-refractivity contribution is -0.240. The average molecular weight is 310 g/mol. The Hall–Kier alpha value is -1.26. The number of para-hydroxylation sites is 2. The molecule has 0 amide bonds. The topological polar surface area (TPSA) is 36.9 Å². The van der Waals surface area contributed by atoms with E-state index in [1.54, 1.807) is 7.11 Å². The first-order valence-electron chi connectivity index (χ1n) is 8.19. The van der Waals surface area contributed by atoms with E-state index < -0.39 is 5.79 Å². The predicted octanol–water partition coefficient (Wildman–Crippen LogP) is 4.42. The van der Waals surface area contributed by atoms with Crippen molar-refractivity contribution in [3.63, 3.8) is 0 Å². The summed E-state index contributed by atoms with van der Waals surface area (Å²) < 4.78 is 23.0. The van der Waals surface area contributed by atoms with E-state index in [0.717, 1.165) is 25.7 Å². The van der Waals surface area contributed by atoms with Crippen LogP contribution in [0.4, 0.5) is 0 Å². The molecule has 1 rings (SSSR count). The highest BCUT2D eigenvalue weighted by Gasteiger charge is 2.27. The average Bonchev–Trinajstić information content (AvgIpc) is 2.54. The van der Waals surface area contributed by atoms with Gasteiger partial charge in [-0.3, -0.25) is 0 Å². The van der Waals surface area contributed by atoms with Gasteiger partial charge in [0.1, 0.15) is 6.61 Å². The number of rotatable bonds is 12. The van der Waals surface area contributed by atoms with Gasteiger partial charge in [0.2, 0.25) is 0 Å². The molecule has 4 heteroatoms. The highest BCUT2D eigenvalue weighted by atomic mass is 16.7. The summed E-state index contributed by atoms with van der Waals surface area (Å²) in [4.78, 5) is 0. The van der Waals surface area contributed by atoms with Crippen LogP contribution in [0.15, 0.2) is 24.3 Å². The van der Waals surface area contributed by atoms with Crippen LogP contribution in [0.25, 0.3) is 0 Å². The maximum Gasteiger partial charge on any atom is 0.199 e. The predicted molar refractivity (Wildman–Crippen MR) is 88.6 cm³/mol. The van der Waals surface area contributed by atoms with Crippen molar-refractivity contribution in [1.82, 2.24) is 0 Å². The first kappa shape index (κ1) is 18.8. The summed E-state index contributed by atoms with van der Waals surface area (Å²) in [6.45, 7) is 7.91. The Balaban J connectivity index is 2.61. The lowest BCUT2D eigenvalue weighted by Crippen LogP contribution is -2.39. The zero-order valence-corrected chi connectivity index (χ0v) is 14.4. The summed E-state index contributed by atoms with van der Waals surface area (Å²) in [5.74, 6) is 0.687. The molecular formula is C18H30O4. The zero-order chi connectivity index (χ0) is 16.3. The van der Waals surface area contributed by atoms with Crippen LogP contribution in [0.1, 0.15) is 46.5 Å². The molecule has 0 unspecified atom stereocenters. The third-order valence-corrected chi connectivity index (χ3v) is 3.37. The van der Waals surface area contributed by atoms with Crippen molar-refractivity contribution in [3.8, 4) is 11.5 Å². The molecule has 22 heavy (non-hydrogen) atoms. The molecule has 0 N–H and O–H groups in total. The SMILES string of the molecule is CCCCOC(C)(COc1ccccc1OC)OCCCC. The molecule has 0 bridgehead atoms. The minimum Gasteiger partial charge on any atom is -0.493 e. The van der Waals surface area contributed by atoms with Crippen molar-refractivity contribution >= 4 is 0 Å². The van der Waals surface area contributed by atoms with Crippen LogP contribution < -0.4 is 9.47 Å². The van der Waals surface area contributed by atoms with E-state index >= 15 is 0 Å². The standard InChI is InChI=1S/C18H30O4/c1-5-7-13-21-18(3,22-14-8-6-2)15-20-17-12-10-9-11-16(17)19-4/h9-12H,5-8,13-15H2,1-4H3. The first-order chi connectivity index (χ1) is 10.6. The molecule has 0 heterocycles. The van der Waals surface area contributed by atoms with Gasteiger partial charge in [0.15, 0.2) is 17.3 Å². The summed E-state index contributed by atoms with van der Waals surface area (Å²) in [5, 5.41) is 0. The van der Waals surface area contributed by atoms with Crippen molar-refractivity contribution in [2.24, 2.45) is 0 Å². The van der Waals surface area contributed by atoms with E-state index in [0.29, 0.717) is 31.3 Å². The summed E-state index contributed by atoms with van der Waals surface area (Å²) >= 11 is 0. The second kappa shape index (κ2) is 10.5. The normalized spacial score (nSPS) is 11.5. The van der Waals surface area contributed by atoms with Crippen LogP contribution in [0.5, 0.6) is 11.5 Å². The van der Waals surface area contributed by atoms with E-state index in [1.807, 2.05) is 31.2 Å². The Bertz CT molecular complexity index is 396. The summed E-state index contributed by atoms with van der Waals surface area (Å²) in [6, 6.07) is 7.60. The van der Waals surface area contributed by atoms with Crippen LogP contribution in [-0.2, 0) is 9.47 Å². The number of benzene rings is 1. The van der Waals surface area contributed by atoms with E-state index in [1.165, 1.54) is 0 Å². The molecule has 1 aromatic rings. The molecule has 1 aromatic carbocycles. The van der Waals surface area contributed by atoms with Gasteiger partial charge in [-0.1, -0.05) is 38.8 Å². The Morgan fingerprint density at radius 3 is 1.95 bits per heavy atom. The second-order valence-corrected chi connectivity index (χ2v) is 5.48. The number of ether oxygens (including phenoxy) is 4. The molecule has 0 aromatic heterocycles. The number of unbranched alkanes of at least 4 members (excludes halogenated alkanes) is 2. The van der Waals surface area contributed by atoms with Gasteiger partial charge in [0, 0.05) is 0 Å².